The molecule has 0 N–H and O–H groups in total. The number of amides is 1. The molecule has 32 heavy (non-hydrogen) atoms. The van der Waals surface area contributed by atoms with E-state index < -0.39 is 0 Å². The number of hydrogen-bond donors (Lipinski definition) is 0. The Kier molecular flexibility index (Phi) is 5.99. The fourth-order valence-electron chi connectivity index (χ4n) is 4.87. The van der Waals surface area contributed by atoms with Crippen molar-refractivity contribution in [3.63, 3.8) is 0 Å². The number of rotatable bonds is 4. The van der Waals surface area contributed by atoms with Gasteiger partial charge in [-0.1, -0.05) is 60.5 Å². The van der Waals surface area contributed by atoms with Crippen molar-refractivity contribution in [3.8, 4) is 0 Å². The third kappa shape index (κ3) is 4.06. The molecule has 1 aliphatic heterocycles. The van der Waals surface area contributed by atoms with Crippen LogP contribution in [-0.4, -0.2) is 32.2 Å². The van der Waals surface area contributed by atoms with E-state index in [2.05, 4.69) is 18.2 Å². The highest BCUT2D eigenvalue weighted by Crippen LogP contribution is 2.34. The number of fused-ring (bicyclic) bond motifs is 2. The van der Waals surface area contributed by atoms with Gasteiger partial charge in [0, 0.05) is 24.2 Å². The van der Waals surface area contributed by atoms with Gasteiger partial charge in [0.15, 0.2) is 5.16 Å². The van der Waals surface area contributed by atoms with Gasteiger partial charge < -0.3 is 4.90 Å². The van der Waals surface area contributed by atoms with Crippen molar-refractivity contribution < 1.29 is 4.79 Å². The van der Waals surface area contributed by atoms with Gasteiger partial charge in [-0.2, -0.15) is 0 Å². The van der Waals surface area contributed by atoms with Crippen molar-refractivity contribution in [1.29, 1.82) is 0 Å². The van der Waals surface area contributed by atoms with E-state index in [9.17, 15) is 9.59 Å². The summed E-state index contributed by atoms with van der Waals surface area (Å²) < 4.78 is 1.84. The summed E-state index contributed by atoms with van der Waals surface area (Å²) in [5, 5.41) is 1.42. The third-order valence-electron chi connectivity index (χ3n) is 6.59. The van der Waals surface area contributed by atoms with E-state index >= 15 is 0 Å². The van der Waals surface area contributed by atoms with Crippen LogP contribution < -0.4 is 5.56 Å². The van der Waals surface area contributed by atoms with Crippen LogP contribution in [0.15, 0.2) is 52.4 Å². The van der Waals surface area contributed by atoms with Crippen LogP contribution in [0.4, 0.5) is 0 Å². The molecule has 0 bridgehead atoms. The summed E-state index contributed by atoms with van der Waals surface area (Å²) in [4.78, 5) is 33.5. The van der Waals surface area contributed by atoms with Crippen molar-refractivity contribution in [2.24, 2.45) is 0 Å². The van der Waals surface area contributed by atoms with Crippen molar-refractivity contribution in [3.05, 3.63) is 69.0 Å². The molecule has 0 radical (unpaired) electrons. The maximum absolute atomic E-state index is 13.4. The van der Waals surface area contributed by atoms with Gasteiger partial charge in [-0.25, -0.2) is 4.98 Å². The molecule has 7 heteroatoms. The van der Waals surface area contributed by atoms with Gasteiger partial charge in [-0.15, -0.1) is 0 Å². The number of nitrogens with zero attached hydrogens (tertiary/aromatic N) is 3. The average molecular weight is 468 g/mol. The summed E-state index contributed by atoms with van der Waals surface area (Å²) in [5.74, 6) is 0.0860. The molecule has 2 heterocycles. The van der Waals surface area contributed by atoms with Crippen LogP contribution in [-0.2, 0) is 17.8 Å². The lowest BCUT2D eigenvalue weighted by Crippen LogP contribution is -2.40. The fraction of sp³-hybridized carbons (Fsp3) is 0.400. The summed E-state index contributed by atoms with van der Waals surface area (Å²) >= 11 is 7.57. The predicted molar refractivity (Wildman–Crippen MR) is 129 cm³/mol. The number of benzene rings is 2. The number of hydrogen-bond acceptors (Lipinski definition) is 4. The van der Waals surface area contributed by atoms with Crippen molar-refractivity contribution in [1.82, 2.24) is 14.5 Å². The molecule has 5 rings (SSSR count). The Bertz CT molecular complexity index is 1240. The molecule has 1 fully saturated rings. The number of aromatic nitrogens is 2. The molecular weight excluding hydrogens is 442 g/mol. The largest absolute Gasteiger partial charge is 0.337 e. The first-order valence-electron chi connectivity index (χ1n) is 11.3. The van der Waals surface area contributed by atoms with Crippen molar-refractivity contribution in [2.45, 2.75) is 62.0 Å². The van der Waals surface area contributed by atoms with Crippen LogP contribution >= 0.6 is 23.4 Å². The highest BCUT2D eigenvalue weighted by atomic mass is 35.5. The molecule has 0 spiro atoms. The normalized spacial score (nSPS) is 17.5. The molecule has 0 saturated heterocycles. The van der Waals surface area contributed by atoms with E-state index in [1.54, 1.807) is 18.2 Å². The van der Waals surface area contributed by atoms with Gasteiger partial charge in [0.05, 0.1) is 16.2 Å². The molecule has 1 aromatic heterocycles. The molecule has 2 aliphatic rings. The second-order valence-electron chi connectivity index (χ2n) is 8.71. The molecule has 0 unspecified atom stereocenters. The highest BCUT2D eigenvalue weighted by Gasteiger charge is 2.29. The molecule has 3 aromatic rings. The predicted octanol–water partition coefficient (Wildman–Crippen LogP) is 5.23. The standard InChI is InChI=1S/C25H26ClN3O2S/c1-16(23(30)28-13-12-17-6-2-3-7-18(17)15-28)32-25-27-22-14-19(26)10-11-21(22)24(31)29(25)20-8-4-5-9-20/h2-3,6-7,10-11,14,16,20H,4-5,8-9,12-13,15H2,1H3/t16-/m1/s1. The van der Waals surface area contributed by atoms with E-state index in [4.69, 9.17) is 16.6 Å². The summed E-state index contributed by atoms with van der Waals surface area (Å²) in [6.07, 6.45) is 5.04. The molecular formula is C25H26ClN3O2S. The maximum Gasteiger partial charge on any atom is 0.262 e. The zero-order valence-electron chi connectivity index (χ0n) is 18.1. The molecule has 5 nitrogen and oxygen atoms in total. The highest BCUT2D eigenvalue weighted by molar-refractivity contribution is 8.00. The lowest BCUT2D eigenvalue weighted by molar-refractivity contribution is -0.131. The molecule has 1 amide bonds. The smallest absolute Gasteiger partial charge is 0.262 e. The zero-order chi connectivity index (χ0) is 22.2. The first-order chi connectivity index (χ1) is 15.5. The Labute approximate surface area is 196 Å². The van der Waals surface area contributed by atoms with Crippen molar-refractivity contribution >= 4 is 40.2 Å². The number of halogens is 1. The maximum atomic E-state index is 13.4. The van der Waals surface area contributed by atoms with Crippen LogP contribution in [0.5, 0.6) is 0 Å². The van der Waals surface area contributed by atoms with Gasteiger partial charge in [-0.3, -0.25) is 14.2 Å². The quantitative estimate of drug-likeness (QED) is 0.389. The van der Waals surface area contributed by atoms with E-state index in [0.717, 1.165) is 38.6 Å². The van der Waals surface area contributed by atoms with Gasteiger partial charge in [-0.05, 0) is 55.5 Å². The topological polar surface area (TPSA) is 55.2 Å². The summed E-state index contributed by atoms with van der Waals surface area (Å²) in [5.41, 5.74) is 3.09. The Balaban J connectivity index is 1.45. The van der Waals surface area contributed by atoms with Gasteiger partial charge in [0.1, 0.15) is 0 Å². The molecule has 1 aliphatic carbocycles. The lowest BCUT2D eigenvalue weighted by Gasteiger charge is -2.31. The summed E-state index contributed by atoms with van der Waals surface area (Å²) in [7, 11) is 0. The second kappa shape index (κ2) is 8.91. The monoisotopic (exact) mass is 467 g/mol. The first-order valence-corrected chi connectivity index (χ1v) is 12.5. The fourth-order valence-corrected chi connectivity index (χ4v) is 6.10. The molecule has 1 atom stereocenters. The van der Waals surface area contributed by atoms with Gasteiger partial charge >= 0.3 is 0 Å². The number of thioether (sulfide) groups is 1. The SMILES string of the molecule is C[C@@H](Sc1nc2cc(Cl)ccc2c(=O)n1C1CCCC1)C(=O)N1CCc2ccccc2C1. The van der Waals surface area contributed by atoms with Gasteiger partial charge in [0.25, 0.3) is 5.56 Å². The zero-order valence-corrected chi connectivity index (χ0v) is 19.7. The lowest BCUT2D eigenvalue weighted by atomic mass is 10.00. The van der Waals surface area contributed by atoms with E-state index in [-0.39, 0.29) is 22.8 Å². The minimum Gasteiger partial charge on any atom is -0.337 e. The molecule has 2 aromatic carbocycles. The van der Waals surface area contributed by atoms with E-state index in [0.29, 0.717) is 27.6 Å². The Morgan fingerprint density at radius 1 is 1.16 bits per heavy atom. The number of carbonyl (C=O) groups is 1. The van der Waals surface area contributed by atoms with Gasteiger partial charge in [0.2, 0.25) is 5.91 Å². The van der Waals surface area contributed by atoms with Crippen LogP contribution in [0.25, 0.3) is 10.9 Å². The Morgan fingerprint density at radius 3 is 2.69 bits per heavy atom. The Morgan fingerprint density at radius 2 is 1.91 bits per heavy atom. The Hall–Kier alpha value is -2.31. The van der Waals surface area contributed by atoms with E-state index in [1.807, 2.05) is 22.5 Å². The summed E-state index contributed by atoms with van der Waals surface area (Å²) in [6.45, 7) is 3.27. The molecule has 166 valence electrons. The average Bonchev–Trinajstić information content (AvgIpc) is 3.32. The summed E-state index contributed by atoms with van der Waals surface area (Å²) in [6, 6.07) is 13.7. The number of carbonyl (C=O) groups excluding carboxylic acids is 1. The third-order valence-corrected chi connectivity index (χ3v) is 7.88. The van der Waals surface area contributed by atoms with Crippen LogP contribution in [0.3, 0.4) is 0 Å². The van der Waals surface area contributed by atoms with Crippen LogP contribution in [0.2, 0.25) is 5.02 Å². The second-order valence-corrected chi connectivity index (χ2v) is 10.5. The minimum atomic E-state index is -0.337. The van der Waals surface area contributed by atoms with Crippen LogP contribution in [0.1, 0.15) is 49.8 Å². The molecule has 1 saturated carbocycles. The van der Waals surface area contributed by atoms with E-state index in [1.165, 1.54) is 22.9 Å². The first kappa shape index (κ1) is 21.5. The minimum absolute atomic E-state index is 0.0346. The van der Waals surface area contributed by atoms with Crippen molar-refractivity contribution in [2.75, 3.05) is 6.54 Å². The van der Waals surface area contributed by atoms with Crippen LogP contribution in [0, 0.1) is 0 Å².